The Morgan fingerprint density at radius 3 is 2.67 bits per heavy atom. The number of nitrogens with two attached hydrogens (primary N) is 1. The average Bonchev–Trinajstić information content (AvgIpc) is 3.25. The summed E-state index contributed by atoms with van der Waals surface area (Å²) >= 11 is 0. The van der Waals surface area contributed by atoms with Crippen molar-refractivity contribution in [2.75, 3.05) is 20.2 Å². The van der Waals surface area contributed by atoms with Gasteiger partial charge in [0.05, 0.1) is 24.3 Å². The Balaban J connectivity index is 1.76. The first-order chi connectivity index (χ1) is 14.6. The van der Waals surface area contributed by atoms with E-state index in [1.165, 1.54) is 0 Å². The van der Waals surface area contributed by atoms with E-state index in [-0.39, 0.29) is 17.7 Å². The van der Waals surface area contributed by atoms with Crippen molar-refractivity contribution in [2.24, 2.45) is 11.7 Å². The van der Waals surface area contributed by atoms with Crippen LogP contribution >= 0.6 is 0 Å². The third-order valence-corrected chi connectivity index (χ3v) is 5.42. The molecule has 30 heavy (non-hydrogen) atoms. The third kappa shape index (κ3) is 3.91. The van der Waals surface area contributed by atoms with Crippen LogP contribution in [0.5, 0.6) is 5.75 Å². The molecule has 1 atom stereocenters. The van der Waals surface area contributed by atoms with Gasteiger partial charge in [0.25, 0.3) is 5.91 Å². The molecular weight excluding hydrogens is 380 g/mol. The fourth-order valence-corrected chi connectivity index (χ4v) is 3.79. The second-order valence-corrected chi connectivity index (χ2v) is 7.40. The molecule has 4 rings (SSSR count). The van der Waals surface area contributed by atoms with E-state index in [0.29, 0.717) is 36.5 Å². The first-order valence-corrected chi connectivity index (χ1v) is 9.95. The van der Waals surface area contributed by atoms with Gasteiger partial charge in [0.1, 0.15) is 11.4 Å². The summed E-state index contributed by atoms with van der Waals surface area (Å²) < 4.78 is 7.05. The number of aromatic nitrogens is 2. The lowest BCUT2D eigenvalue weighted by molar-refractivity contribution is -0.123. The molecule has 7 nitrogen and oxygen atoms in total. The number of hydrogen-bond acceptors (Lipinski definition) is 4. The Kier molecular flexibility index (Phi) is 5.52. The van der Waals surface area contributed by atoms with E-state index >= 15 is 0 Å². The smallest absolute Gasteiger partial charge is 0.257 e. The fourth-order valence-electron chi connectivity index (χ4n) is 3.79. The van der Waals surface area contributed by atoms with Crippen LogP contribution in [0, 0.1) is 5.92 Å². The normalized spacial score (nSPS) is 16.3. The Morgan fingerprint density at radius 2 is 1.93 bits per heavy atom. The van der Waals surface area contributed by atoms with Gasteiger partial charge in [-0.3, -0.25) is 9.59 Å². The first-order valence-electron chi connectivity index (χ1n) is 9.95. The van der Waals surface area contributed by atoms with Crippen LogP contribution in [0.1, 0.15) is 23.2 Å². The molecule has 2 heterocycles. The van der Waals surface area contributed by atoms with Gasteiger partial charge in [-0.1, -0.05) is 30.3 Å². The van der Waals surface area contributed by atoms with Crippen molar-refractivity contribution in [3.63, 3.8) is 0 Å². The van der Waals surface area contributed by atoms with E-state index < -0.39 is 0 Å². The minimum Gasteiger partial charge on any atom is -0.497 e. The van der Waals surface area contributed by atoms with Crippen LogP contribution in [0.2, 0.25) is 0 Å². The number of methoxy groups -OCH3 is 1. The van der Waals surface area contributed by atoms with Gasteiger partial charge in [-0.05, 0) is 37.1 Å². The van der Waals surface area contributed by atoms with E-state index in [4.69, 9.17) is 15.6 Å². The number of likely N-dealkylation sites (tertiary alicyclic amines) is 1. The van der Waals surface area contributed by atoms with Gasteiger partial charge in [0.15, 0.2) is 0 Å². The molecule has 2 amide bonds. The zero-order valence-electron chi connectivity index (χ0n) is 16.8. The molecule has 0 bridgehead atoms. The van der Waals surface area contributed by atoms with Gasteiger partial charge in [-0.15, -0.1) is 0 Å². The van der Waals surface area contributed by atoms with Crippen molar-refractivity contribution in [2.45, 2.75) is 12.8 Å². The molecule has 2 N–H and O–H groups in total. The van der Waals surface area contributed by atoms with Crippen molar-refractivity contribution in [1.29, 1.82) is 0 Å². The lowest BCUT2D eigenvalue weighted by atomic mass is 9.96. The molecule has 154 valence electrons. The highest BCUT2D eigenvalue weighted by Crippen LogP contribution is 2.29. The summed E-state index contributed by atoms with van der Waals surface area (Å²) in [4.78, 5) is 26.8. The maximum atomic E-state index is 13.5. The zero-order valence-corrected chi connectivity index (χ0v) is 16.8. The summed E-state index contributed by atoms with van der Waals surface area (Å²) in [6.45, 7) is 0.929. The van der Waals surface area contributed by atoms with Gasteiger partial charge in [0, 0.05) is 24.8 Å². The third-order valence-electron chi connectivity index (χ3n) is 5.42. The number of para-hydroxylation sites is 1. The highest BCUT2D eigenvalue weighted by atomic mass is 16.5. The van der Waals surface area contributed by atoms with E-state index in [1.807, 2.05) is 54.6 Å². The lowest BCUT2D eigenvalue weighted by Gasteiger charge is -2.31. The summed E-state index contributed by atoms with van der Waals surface area (Å²) in [5.41, 5.74) is 8.19. The first kappa shape index (κ1) is 19.7. The average molecular weight is 404 g/mol. The minimum absolute atomic E-state index is 0.152. The van der Waals surface area contributed by atoms with Crippen LogP contribution in [0.25, 0.3) is 16.9 Å². The second-order valence-electron chi connectivity index (χ2n) is 7.40. The largest absolute Gasteiger partial charge is 0.497 e. The molecule has 0 radical (unpaired) electrons. The standard InChI is InChI=1S/C23H24N4O3/c1-30-19-11-5-7-16(13-19)21-20(15-27(25-21)18-9-3-2-4-10-18)23(29)26-12-6-8-17(14-26)22(24)28/h2-5,7,9-11,13,15,17H,6,8,12,14H2,1H3,(H2,24,28). The molecule has 2 aromatic carbocycles. The summed E-state index contributed by atoms with van der Waals surface area (Å²) in [5, 5.41) is 4.72. The van der Waals surface area contributed by atoms with Crippen molar-refractivity contribution >= 4 is 11.8 Å². The number of primary amides is 1. The van der Waals surface area contributed by atoms with Gasteiger partial charge in [-0.25, -0.2) is 4.68 Å². The topological polar surface area (TPSA) is 90.5 Å². The van der Waals surface area contributed by atoms with Gasteiger partial charge < -0.3 is 15.4 Å². The predicted molar refractivity (Wildman–Crippen MR) is 113 cm³/mol. The Labute approximate surface area is 175 Å². The molecule has 0 spiro atoms. The number of piperidine rings is 1. The molecule has 0 aliphatic carbocycles. The highest BCUT2D eigenvalue weighted by molar-refractivity contribution is 6.00. The van der Waals surface area contributed by atoms with Crippen molar-refractivity contribution in [1.82, 2.24) is 14.7 Å². The van der Waals surface area contributed by atoms with E-state index in [0.717, 1.165) is 17.7 Å². The zero-order chi connectivity index (χ0) is 21.1. The molecule has 1 fully saturated rings. The maximum Gasteiger partial charge on any atom is 0.257 e. The Bertz CT molecular complexity index is 1060. The van der Waals surface area contributed by atoms with Gasteiger partial charge >= 0.3 is 0 Å². The monoisotopic (exact) mass is 404 g/mol. The number of amides is 2. The van der Waals surface area contributed by atoms with Crippen molar-refractivity contribution in [3.05, 3.63) is 66.4 Å². The van der Waals surface area contributed by atoms with Crippen molar-refractivity contribution < 1.29 is 14.3 Å². The van der Waals surface area contributed by atoms with Crippen LogP contribution in [-0.2, 0) is 4.79 Å². The lowest BCUT2D eigenvalue weighted by Crippen LogP contribution is -2.44. The van der Waals surface area contributed by atoms with Crippen LogP contribution in [0.15, 0.2) is 60.8 Å². The second kappa shape index (κ2) is 8.41. The molecule has 1 aliphatic heterocycles. The fraction of sp³-hybridized carbons (Fsp3) is 0.261. The van der Waals surface area contributed by atoms with Crippen LogP contribution in [0.3, 0.4) is 0 Å². The summed E-state index contributed by atoms with van der Waals surface area (Å²) in [7, 11) is 1.60. The number of nitrogens with zero attached hydrogens (tertiary/aromatic N) is 3. The Hall–Kier alpha value is -3.61. The molecule has 3 aromatic rings. The molecule has 0 saturated carbocycles. The van der Waals surface area contributed by atoms with Gasteiger partial charge in [-0.2, -0.15) is 5.10 Å². The number of hydrogen-bond donors (Lipinski definition) is 1. The SMILES string of the molecule is COc1cccc(-c2nn(-c3ccccc3)cc2C(=O)N2CCCC(C(N)=O)C2)c1. The van der Waals surface area contributed by atoms with Crippen LogP contribution in [0.4, 0.5) is 0 Å². The number of carbonyl (C=O) groups is 2. The predicted octanol–water partition coefficient (Wildman–Crippen LogP) is 2.89. The summed E-state index contributed by atoms with van der Waals surface area (Å²) in [6, 6.07) is 17.1. The van der Waals surface area contributed by atoms with E-state index in [2.05, 4.69) is 0 Å². The highest BCUT2D eigenvalue weighted by Gasteiger charge is 2.30. The minimum atomic E-state index is -0.361. The molecule has 1 unspecified atom stereocenters. The molecule has 1 aliphatic rings. The molecule has 1 saturated heterocycles. The molecule has 1 aromatic heterocycles. The maximum absolute atomic E-state index is 13.5. The molecular formula is C23H24N4O3. The number of benzene rings is 2. The molecule has 7 heteroatoms. The number of ether oxygens (including phenoxy) is 1. The summed E-state index contributed by atoms with van der Waals surface area (Å²) in [5.74, 6) is -0.138. The summed E-state index contributed by atoms with van der Waals surface area (Å²) in [6.07, 6.45) is 3.21. The van der Waals surface area contributed by atoms with Crippen LogP contribution in [-0.4, -0.2) is 46.7 Å². The van der Waals surface area contributed by atoms with E-state index in [9.17, 15) is 9.59 Å². The van der Waals surface area contributed by atoms with Crippen molar-refractivity contribution in [3.8, 4) is 22.7 Å². The number of rotatable bonds is 5. The van der Waals surface area contributed by atoms with Gasteiger partial charge in [0.2, 0.25) is 5.91 Å². The van der Waals surface area contributed by atoms with E-state index in [1.54, 1.807) is 22.9 Å². The van der Waals surface area contributed by atoms with Crippen LogP contribution < -0.4 is 10.5 Å². The quantitative estimate of drug-likeness (QED) is 0.708. The number of carbonyl (C=O) groups excluding carboxylic acids is 2. The Morgan fingerprint density at radius 1 is 1.13 bits per heavy atom.